The van der Waals surface area contributed by atoms with Gasteiger partial charge in [-0.25, -0.2) is 14.4 Å². The molecule has 1 aliphatic rings. The van der Waals surface area contributed by atoms with E-state index >= 15 is 0 Å². The van der Waals surface area contributed by atoms with Crippen LogP contribution in [0.5, 0.6) is 0 Å². The summed E-state index contributed by atoms with van der Waals surface area (Å²) in [6, 6.07) is 7.75. The minimum Gasteiger partial charge on any atom is -0.389 e. The standard InChI is InChI=1S/C19H21N3O5/c1-12-10-13(8-9-20-12)15-11-22(16-7-5-4-6-14(15)16)27-18(24)17(23)26-19(25)21(2)3/h4-9,11-13,20H,10H2,1-3H3. The molecule has 0 spiro atoms. The number of aromatic nitrogens is 1. The van der Waals surface area contributed by atoms with Gasteiger partial charge in [0.1, 0.15) is 0 Å². The van der Waals surface area contributed by atoms with E-state index in [9.17, 15) is 14.4 Å². The summed E-state index contributed by atoms with van der Waals surface area (Å²) in [4.78, 5) is 41.4. The second kappa shape index (κ2) is 7.53. The normalized spacial score (nSPS) is 18.6. The van der Waals surface area contributed by atoms with Crippen LogP contribution in [-0.2, 0) is 14.3 Å². The van der Waals surface area contributed by atoms with Gasteiger partial charge in [-0.05, 0) is 31.2 Å². The number of benzene rings is 1. The highest BCUT2D eigenvalue weighted by molar-refractivity contribution is 6.31. The third kappa shape index (κ3) is 3.94. The van der Waals surface area contributed by atoms with Gasteiger partial charge in [0, 0.05) is 37.6 Å². The number of para-hydroxylation sites is 1. The predicted octanol–water partition coefficient (Wildman–Crippen LogP) is 1.80. The summed E-state index contributed by atoms with van der Waals surface area (Å²) in [5.41, 5.74) is 1.63. The first-order valence-electron chi connectivity index (χ1n) is 8.55. The molecule has 0 aliphatic carbocycles. The zero-order valence-corrected chi connectivity index (χ0v) is 15.3. The van der Waals surface area contributed by atoms with Crippen molar-refractivity contribution in [3.63, 3.8) is 0 Å². The fourth-order valence-corrected chi connectivity index (χ4v) is 2.98. The average Bonchev–Trinajstić information content (AvgIpc) is 3.00. The third-order valence-corrected chi connectivity index (χ3v) is 4.32. The molecule has 142 valence electrons. The molecule has 0 saturated carbocycles. The van der Waals surface area contributed by atoms with E-state index in [1.807, 2.05) is 24.4 Å². The maximum atomic E-state index is 12.0. The van der Waals surface area contributed by atoms with Crippen molar-refractivity contribution in [2.24, 2.45) is 0 Å². The lowest BCUT2D eigenvalue weighted by Gasteiger charge is -2.23. The SMILES string of the molecule is CC1CC(c2cn(OC(=O)C(=O)OC(=O)N(C)C)c3ccccc23)C=CN1. The first-order valence-corrected chi connectivity index (χ1v) is 8.55. The van der Waals surface area contributed by atoms with Crippen molar-refractivity contribution in [2.45, 2.75) is 25.3 Å². The van der Waals surface area contributed by atoms with Gasteiger partial charge < -0.3 is 19.8 Å². The van der Waals surface area contributed by atoms with Gasteiger partial charge in [0.05, 0.1) is 5.52 Å². The van der Waals surface area contributed by atoms with E-state index in [4.69, 9.17) is 4.84 Å². The second-order valence-electron chi connectivity index (χ2n) is 6.63. The molecule has 1 aliphatic heterocycles. The molecule has 0 fully saturated rings. The number of allylic oxidation sites excluding steroid dienone is 1. The van der Waals surface area contributed by atoms with E-state index in [1.54, 1.807) is 12.3 Å². The van der Waals surface area contributed by atoms with Gasteiger partial charge in [-0.1, -0.05) is 24.3 Å². The van der Waals surface area contributed by atoms with Crippen LogP contribution in [-0.4, -0.2) is 47.8 Å². The molecule has 2 unspecified atom stereocenters. The molecule has 27 heavy (non-hydrogen) atoms. The first kappa shape index (κ1) is 18.5. The molecule has 8 heteroatoms. The van der Waals surface area contributed by atoms with E-state index in [2.05, 4.69) is 23.1 Å². The molecular formula is C19H21N3O5. The van der Waals surface area contributed by atoms with Gasteiger partial charge >= 0.3 is 18.0 Å². The summed E-state index contributed by atoms with van der Waals surface area (Å²) in [5.74, 6) is -2.50. The van der Waals surface area contributed by atoms with Crippen LogP contribution >= 0.6 is 0 Å². The van der Waals surface area contributed by atoms with Gasteiger partial charge in [-0.2, -0.15) is 4.73 Å². The number of rotatable bonds is 2. The Labute approximate surface area is 156 Å². The molecule has 3 rings (SSSR count). The molecule has 0 bridgehead atoms. The van der Waals surface area contributed by atoms with Crippen molar-refractivity contribution < 1.29 is 24.0 Å². The Kier molecular flexibility index (Phi) is 5.16. The van der Waals surface area contributed by atoms with E-state index in [1.165, 1.54) is 18.8 Å². The van der Waals surface area contributed by atoms with Crippen LogP contribution in [0.2, 0.25) is 0 Å². The number of nitrogens with zero attached hydrogens (tertiary/aromatic N) is 2. The van der Waals surface area contributed by atoms with Crippen molar-refractivity contribution in [3.8, 4) is 0 Å². The Morgan fingerprint density at radius 1 is 1.19 bits per heavy atom. The highest BCUT2D eigenvalue weighted by Crippen LogP contribution is 2.32. The van der Waals surface area contributed by atoms with Crippen LogP contribution in [0.1, 0.15) is 24.8 Å². The Morgan fingerprint density at radius 2 is 1.93 bits per heavy atom. The molecule has 2 aromatic rings. The minimum absolute atomic E-state index is 0.147. The Bertz CT molecular complexity index is 915. The number of hydrogen-bond donors (Lipinski definition) is 1. The summed E-state index contributed by atoms with van der Waals surface area (Å²) >= 11 is 0. The number of amides is 1. The van der Waals surface area contributed by atoms with Crippen molar-refractivity contribution >= 4 is 28.9 Å². The Morgan fingerprint density at radius 3 is 2.63 bits per heavy atom. The van der Waals surface area contributed by atoms with Crippen LogP contribution in [0.4, 0.5) is 4.79 Å². The molecule has 2 heterocycles. The van der Waals surface area contributed by atoms with Crippen LogP contribution in [0.3, 0.4) is 0 Å². The van der Waals surface area contributed by atoms with Crippen molar-refractivity contribution in [1.82, 2.24) is 14.9 Å². The average molecular weight is 371 g/mol. The number of esters is 1. The third-order valence-electron chi connectivity index (χ3n) is 4.32. The number of carbonyl (C=O) groups is 3. The van der Waals surface area contributed by atoms with E-state index in [-0.39, 0.29) is 5.92 Å². The summed E-state index contributed by atoms with van der Waals surface area (Å²) in [6.07, 6.45) is 5.61. The van der Waals surface area contributed by atoms with Crippen molar-refractivity contribution in [3.05, 3.63) is 48.3 Å². The van der Waals surface area contributed by atoms with Crippen molar-refractivity contribution in [2.75, 3.05) is 14.1 Å². The van der Waals surface area contributed by atoms with Crippen LogP contribution in [0.15, 0.2) is 42.7 Å². The minimum atomic E-state index is -1.37. The van der Waals surface area contributed by atoms with Gasteiger partial charge in [0.2, 0.25) is 0 Å². The number of hydrogen-bond acceptors (Lipinski definition) is 6. The van der Waals surface area contributed by atoms with Gasteiger partial charge in [0.25, 0.3) is 0 Å². The number of ether oxygens (including phenoxy) is 1. The van der Waals surface area contributed by atoms with Gasteiger partial charge in [0.15, 0.2) is 0 Å². The zero-order valence-electron chi connectivity index (χ0n) is 15.3. The van der Waals surface area contributed by atoms with E-state index < -0.39 is 18.0 Å². The molecule has 0 saturated heterocycles. The second-order valence-corrected chi connectivity index (χ2v) is 6.63. The van der Waals surface area contributed by atoms with Crippen molar-refractivity contribution in [1.29, 1.82) is 0 Å². The summed E-state index contributed by atoms with van der Waals surface area (Å²) in [7, 11) is 2.81. The lowest BCUT2D eigenvalue weighted by atomic mass is 9.90. The smallest absolute Gasteiger partial charge is 0.389 e. The molecule has 0 radical (unpaired) electrons. The van der Waals surface area contributed by atoms with E-state index in [0.717, 1.165) is 22.3 Å². The van der Waals surface area contributed by atoms with E-state index in [0.29, 0.717) is 11.6 Å². The molecule has 1 aromatic heterocycles. The van der Waals surface area contributed by atoms with Gasteiger partial charge in [-0.3, -0.25) is 0 Å². The summed E-state index contributed by atoms with van der Waals surface area (Å²) in [5, 5.41) is 4.16. The maximum absolute atomic E-state index is 12.0. The number of carbonyl (C=O) groups excluding carboxylic acids is 3. The topological polar surface area (TPSA) is 89.9 Å². The molecule has 1 aromatic carbocycles. The molecule has 8 nitrogen and oxygen atoms in total. The fraction of sp³-hybridized carbons (Fsp3) is 0.316. The molecule has 1 amide bonds. The highest BCUT2D eigenvalue weighted by Gasteiger charge is 2.26. The lowest BCUT2D eigenvalue weighted by Crippen LogP contribution is -2.33. The summed E-state index contributed by atoms with van der Waals surface area (Å²) in [6.45, 7) is 2.09. The predicted molar refractivity (Wildman–Crippen MR) is 97.8 cm³/mol. The Hall–Kier alpha value is -3.29. The highest BCUT2D eigenvalue weighted by atomic mass is 16.7. The Balaban J connectivity index is 1.86. The maximum Gasteiger partial charge on any atom is 0.442 e. The van der Waals surface area contributed by atoms with Crippen LogP contribution < -0.4 is 10.2 Å². The van der Waals surface area contributed by atoms with Crippen LogP contribution in [0, 0.1) is 0 Å². The fourth-order valence-electron chi connectivity index (χ4n) is 2.98. The molecule has 1 N–H and O–H groups in total. The van der Waals surface area contributed by atoms with Crippen LogP contribution in [0.25, 0.3) is 10.9 Å². The quantitative estimate of drug-likeness (QED) is 0.492. The zero-order chi connectivity index (χ0) is 19.6. The molecular weight excluding hydrogens is 350 g/mol. The molecule has 2 atom stereocenters. The monoisotopic (exact) mass is 371 g/mol. The first-order chi connectivity index (χ1) is 12.9. The lowest BCUT2D eigenvalue weighted by molar-refractivity contribution is -0.164. The number of nitrogens with one attached hydrogen (secondary N) is 1. The largest absolute Gasteiger partial charge is 0.442 e. The van der Waals surface area contributed by atoms with Gasteiger partial charge in [-0.15, -0.1) is 0 Å². The number of fused-ring (bicyclic) bond motifs is 1. The summed E-state index contributed by atoms with van der Waals surface area (Å²) < 4.78 is 5.68.